The van der Waals surface area contributed by atoms with Gasteiger partial charge in [0.2, 0.25) is 0 Å². The predicted molar refractivity (Wildman–Crippen MR) is 46.0 cm³/mol. The van der Waals surface area contributed by atoms with Gasteiger partial charge in [-0.2, -0.15) is 0 Å². The van der Waals surface area contributed by atoms with E-state index in [0.29, 0.717) is 0 Å². The van der Waals surface area contributed by atoms with Crippen LogP contribution in [0.3, 0.4) is 0 Å². The maximum Gasteiger partial charge on any atom is -0.0386 e. The fourth-order valence-electron chi connectivity index (χ4n) is 2.40. The molecule has 10 heavy (non-hydrogen) atoms. The quantitative estimate of drug-likeness (QED) is 0.561. The zero-order chi connectivity index (χ0) is 7.40. The van der Waals surface area contributed by atoms with Crippen LogP contribution < -0.4 is 0 Å². The van der Waals surface area contributed by atoms with E-state index < -0.39 is 0 Å². The van der Waals surface area contributed by atoms with Gasteiger partial charge >= 0.3 is 0 Å². The van der Waals surface area contributed by atoms with Gasteiger partial charge in [-0.1, -0.05) is 52.4 Å². The first-order valence-corrected chi connectivity index (χ1v) is 4.88. The summed E-state index contributed by atoms with van der Waals surface area (Å²) in [6.07, 6.45) is 8.83. The van der Waals surface area contributed by atoms with E-state index >= 15 is 0 Å². The highest BCUT2D eigenvalue weighted by molar-refractivity contribution is 4.75. The summed E-state index contributed by atoms with van der Waals surface area (Å²) in [5.41, 5.74) is 0. The first kappa shape index (κ1) is 8.10. The molecule has 0 amide bonds. The van der Waals surface area contributed by atoms with Crippen LogP contribution in [0.5, 0.6) is 0 Å². The zero-order valence-corrected chi connectivity index (χ0v) is 7.40. The van der Waals surface area contributed by atoms with Crippen LogP contribution >= 0.6 is 0 Å². The van der Waals surface area contributed by atoms with Gasteiger partial charge in [0.25, 0.3) is 0 Å². The Labute approximate surface area is 65.0 Å². The number of hydrogen-bond donors (Lipinski definition) is 0. The number of hydrogen-bond acceptors (Lipinski definition) is 0. The Balaban J connectivity index is 2.27. The highest BCUT2D eigenvalue weighted by Crippen LogP contribution is 2.36. The molecule has 0 radical (unpaired) electrons. The molecule has 0 nitrogen and oxygen atoms in total. The first-order chi connectivity index (χ1) is 4.88. The Kier molecular flexibility index (Phi) is 3.24. The molecule has 0 aliphatic heterocycles. The topological polar surface area (TPSA) is 0 Å². The van der Waals surface area contributed by atoms with Crippen LogP contribution in [0.25, 0.3) is 0 Å². The van der Waals surface area contributed by atoms with Crippen molar-refractivity contribution in [3.05, 3.63) is 0 Å². The minimum atomic E-state index is 1.08. The summed E-state index contributed by atoms with van der Waals surface area (Å²) in [7, 11) is 0. The van der Waals surface area contributed by atoms with Crippen molar-refractivity contribution in [3.8, 4) is 0 Å². The average Bonchev–Trinajstić information content (AvgIpc) is 2.36. The van der Waals surface area contributed by atoms with Gasteiger partial charge in [0.05, 0.1) is 0 Å². The molecule has 0 bridgehead atoms. The number of rotatable bonds is 3. The van der Waals surface area contributed by atoms with Gasteiger partial charge in [-0.05, 0) is 11.8 Å². The van der Waals surface area contributed by atoms with Crippen molar-refractivity contribution in [2.75, 3.05) is 0 Å². The van der Waals surface area contributed by atoms with Gasteiger partial charge < -0.3 is 0 Å². The molecular weight excluding hydrogens is 120 g/mol. The Morgan fingerprint density at radius 2 is 1.80 bits per heavy atom. The molecule has 0 heterocycles. The average molecular weight is 140 g/mol. The maximum atomic E-state index is 2.35. The van der Waals surface area contributed by atoms with E-state index in [-0.39, 0.29) is 0 Å². The minimum Gasteiger partial charge on any atom is -0.0654 e. The summed E-state index contributed by atoms with van der Waals surface area (Å²) in [6, 6.07) is 0. The highest BCUT2D eigenvalue weighted by atomic mass is 14.3. The molecule has 0 saturated heterocycles. The van der Waals surface area contributed by atoms with Crippen molar-refractivity contribution in [1.82, 2.24) is 0 Å². The molecule has 0 aromatic carbocycles. The second-order valence-electron chi connectivity index (χ2n) is 3.65. The molecule has 1 rings (SSSR count). The van der Waals surface area contributed by atoms with Crippen LogP contribution in [0.4, 0.5) is 0 Å². The fourth-order valence-corrected chi connectivity index (χ4v) is 2.40. The van der Waals surface area contributed by atoms with Crippen molar-refractivity contribution < 1.29 is 0 Å². The predicted octanol–water partition coefficient (Wildman–Crippen LogP) is 3.61. The van der Waals surface area contributed by atoms with Crippen molar-refractivity contribution in [1.29, 1.82) is 0 Å². The van der Waals surface area contributed by atoms with Crippen molar-refractivity contribution >= 4 is 0 Å². The standard InChI is InChI=1S/C10H20/c1-3-6-10-8-5-7-9(10)4-2/h9-10H,3-8H2,1-2H3/t9-,10+/m0/s1. The lowest BCUT2D eigenvalue weighted by Gasteiger charge is -2.16. The second kappa shape index (κ2) is 4.00. The lowest BCUT2D eigenvalue weighted by molar-refractivity contribution is 0.352. The summed E-state index contributed by atoms with van der Waals surface area (Å²) >= 11 is 0. The summed E-state index contributed by atoms with van der Waals surface area (Å²) in [6.45, 7) is 4.66. The third kappa shape index (κ3) is 1.74. The summed E-state index contributed by atoms with van der Waals surface area (Å²) in [4.78, 5) is 0. The molecule has 1 fully saturated rings. The molecule has 0 unspecified atom stereocenters. The molecule has 2 atom stereocenters. The molecule has 0 N–H and O–H groups in total. The van der Waals surface area contributed by atoms with Crippen LogP contribution in [-0.4, -0.2) is 0 Å². The second-order valence-corrected chi connectivity index (χ2v) is 3.65. The Morgan fingerprint density at radius 3 is 2.40 bits per heavy atom. The van der Waals surface area contributed by atoms with Crippen LogP contribution in [0.15, 0.2) is 0 Å². The highest BCUT2D eigenvalue weighted by Gasteiger charge is 2.24. The van der Waals surface area contributed by atoms with Gasteiger partial charge in [0.15, 0.2) is 0 Å². The molecule has 1 aliphatic carbocycles. The SMILES string of the molecule is CCC[C@@H]1CCC[C@@H]1CC. The third-order valence-electron chi connectivity index (χ3n) is 3.00. The largest absolute Gasteiger partial charge is 0.0654 e. The molecule has 0 heteroatoms. The lowest BCUT2D eigenvalue weighted by atomic mass is 9.90. The van der Waals surface area contributed by atoms with E-state index in [1.54, 1.807) is 0 Å². The molecule has 0 spiro atoms. The minimum absolute atomic E-state index is 1.08. The molecule has 60 valence electrons. The van der Waals surface area contributed by atoms with E-state index in [2.05, 4.69) is 13.8 Å². The van der Waals surface area contributed by atoms with Crippen LogP contribution in [0.1, 0.15) is 52.4 Å². The lowest BCUT2D eigenvalue weighted by Crippen LogP contribution is -2.05. The van der Waals surface area contributed by atoms with E-state index in [1.807, 2.05) is 0 Å². The van der Waals surface area contributed by atoms with E-state index in [4.69, 9.17) is 0 Å². The molecule has 1 saturated carbocycles. The Bertz CT molecular complexity index is 86.0. The summed E-state index contributed by atoms with van der Waals surface area (Å²) in [5, 5.41) is 0. The zero-order valence-electron chi connectivity index (χ0n) is 7.40. The maximum absolute atomic E-state index is 2.35. The van der Waals surface area contributed by atoms with Crippen LogP contribution in [0, 0.1) is 11.8 Å². The van der Waals surface area contributed by atoms with Crippen LogP contribution in [-0.2, 0) is 0 Å². The smallest absolute Gasteiger partial charge is 0.0386 e. The van der Waals surface area contributed by atoms with Crippen LogP contribution in [0.2, 0.25) is 0 Å². The molecule has 1 aliphatic rings. The van der Waals surface area contributed by atoms with E-state index in [1.165, 1.54) is 38.5 Å². The van der Waals surface area contributed by atoms with Gasteiger partial charge in [0, 0.05) is 0 Å². The van der Waals surface area contributed by atoms with E-state index in [9.17, 15) is 0 Å². The fraction of sp³-hybridized carbons (Fsp3) is 1.00. The van der Waals surface area contributed by atoms with Crippen molar-refractivity contribution in [3.63, 3.8) is 0 Å². The van der Waals surface area contributed by atoms with Gasteiger partial charge in [0.1, 0.15) is 0 Å². The normalized spacial score (nSPS) is 33.0. The Morgan fingerprint density at radius 1 is 1.10 bits per heavy atom. The third-order valence-corrected chi connectivity index (χ3v) is 3.00. The molecule has 0 aromatic heterocycles. The Hall–Kier alpha value is 0. The van der Waals surface area contributed by atoms with Gasteiger partial charge in [-0.15, -0.1) is 0 Å². The molecule has 0 aromatic rings. The summed E-state index contributed by atoms with van der Waals surface area (Å²) < 4.78 is 0. The van der Waals surface area contributed by atoms with Gasteiger partial charge in [-0.25, -0.2) is 0 Å². The van der Waals surface area contributed by atoms with E-state index in [0.717, 1.165) is 11.8 Å². The van der Waals surface area contributed by atoms with Crippen molar-refractivity contribution in [2.45, 2.75) is 52.4 Å². The molecular formula is C10H20. The monoisotopic (exact) mass is 140 g/mol. The van der Waals surface area contributed by atoms with Crippen molar-refractivity contribution in [2.24, 2.45) is 11.8 Å². The first-order valence-electron chi connectivity index (χ1n) is 4.88. The summed E-state index contributed by atoms with van der Waals surface area (Å²) in [5.74, 6) is 2.18. The van der Waals surface area contributed by atoms with Gasteiger partial charge in [-0.3, -0.25) is 0 Å².